The fourth-order valence-corrected chi connectivity index (χ4v) is 2.27. The average molecular weight is 312 g/mol. The van der Waals surface area contributed by atoms with Gasteiger partial charge in [0.25, 0.3) is 5.56 Å². The molecule has 2 aromatic rings. The molecule has 2 N–H and O–H groups in total. The molecular formula is C14H11F3N2O3. The Bertz CT molecular complexity index is 749. The number of H-pyrrole nitrogens is 1. The SMILES string of the molecule is O=C(Nc1cc(C(F)(F)F)c[nH]c1=O)C1CC1c1ccco1. The summed E-state index contributed by atoms with van der Waals surface area (Å²) in [5, 5.41) is 2.25. The predicted molar refractivity (Wildman–Crippen MR) is 70.3 cm³/mol. The summed E-state index contributed by atoms with van der Waals surface area (Å²) >= 11 is 0. The number of carbonyl (C=O) groups is 1. The highest BCUT2D eigenvalue weighted by atomic mass is 19.4. The standard InChI is InChI=1S/C14H11F3N2O3/c15-14(16,17)7-4-10(13(21)18-6-7)19-12(20)9-5-8(9)11-2-1-3-22-11/h1-4,6,8-9H,5H2,(H,18,21)(H,19,20). The first-order valence-electron chi connectivity index (χ1n) is 6.50. The Labute approximate surface area is 122 Å². The monoisotopic (exact) mass is 312 g/mol. The van der Waals surface area contributed by atoms with Crippen LogP contribution in [-0.4, -0.2) is 10.9 Å². The van der Waals surface area contributed by atoms with Gasteiger partial charge < -0.3 is 14.7 Å². The molecule has 1 fully saturated rings. The van der Waals surface area contributed by atoms with E-state index in [0.717, 1.165) is 0 Å². The van der Waals surface area contributed by atoms with Gasteiger partial charge in [-0.1, -0.05) is 0 Å². The number of aromatic nitrogens is 1. The van der Waals surface area contributed by atoms with Gasteiger partial charge in [0.05, 0.1) is 11.8 Å². The van der Waals surface area contributed by atoms with Crippen molar-refractivity contribution < 1.29 is 22.4 Å². The maximum atomic E-state index is 12.6. The molecule has 1 aliphatic carbocycles. The van der Waals surface area contributed by atoms with Crippen LogP contribution in [0.5, 0.6) is 0 Å². The fourth-order valence-electron chi connectivity index (χ4n) is 2.27. The smallest absolute Gasteiger partial charge is 0.417 e. The van der Waals surface area contributed by atoms with E-state index in [1.807, 2.05) is 4.98 Å². The van der Waals surface area contributed by atoms with Crippen LogP contribution in [0.2, 0.25) is 0 Å². The summed E-state index contributed by atoms with van der Waals surface area (Å²) < 4.78 is 43.0. The van der Waals surface area contributed by atoms with Crippen molar-refractivity contribution in [2.45, 2.75) is 18.5 Å². The van der Waals surface area contributed by atoms with Crippen LogP contribution in [-0.2, 0) is 11.0 Å². The molecule has 22 heavy (non-hydrogen) atoms. The molecule has 5 nitrogen and oxygen atoms in total. The number of hydrogen-bond acceptors (Lipinski definition) is 3. The second-order valence-corrected chi connectivity index (χ2v) is 5.08. The quantitative estimate of drug-likeness (QED) is 0.915. The van der Waals surface area contributed by atoms with Crippen LogP contribution in [0.1, 0.15) is 23.7 Å². The van der Waals surface area contributed by atoms with Gasteiger partial charge >= 0.3 is 6.18 Å². The number of hydrogen-bond donors (Lipinski definition) is 2. The van der Waals surface area contributed by atoms with E-state index in [2.05, 4.69) is 5.32 Å². The molecule has 2 unspecified atom stereocenters. The van der Waals surface area contributed by atoms with Crippen molar-refractivity contribution >= 4 is 11.6 Å². The fraction of sp³-hybridized carbons (Fsp3) is 0.286. The van der Waals surface area contributed by atoms with Crippen molar-refractivity contribution in [2.24, 2.45) is 5.92 Å². The molecule has 116 valence electrons. The molecule has 2 heterocycles. The van der Waals surface area contributed by atoms with Crippen LogP contribution in [0.25, 0.3) is 0 Å². The zero-order valence-electron chi connectivity index (χ0n) is 11.1. The molecule has 2 aromatic heterocycles. The van der Waals surface area contributed by atoms with Gasteiger partial charge in [0.1, 0.15) is 11.4 Å². The van der Waals surface area contributed by atoms with E-state index in [9.17, 15) is 22.8 Å². The minimum atomic E-state index is -4.60. The van der Waals surface area contributed by atoms with Gasteiger partial charge in [0.2, 0.25) is 5.91 Å². The molecule has 8 heteroatoms. The van der Waals surface area contributed by atoms with Crippen molar-refractivity contribution in [1.29, 1.82) is 0 Å². The van der Waals surface area contributed by atoms with Gasteiger partial charge in [0, 0.05) is 18.0 Å². The molecule has 0 bridgehead atoms. The Hall–Kier alpha value is -2.51. The number of pyridine rings is 1. The zero-order chi connectivity index (χ0) is 15.9. The Balaban J connectivity index is 1.74. The van der Waals surface area contributed by atoms with Crippen LogP contribution in [0.4, 0.5) is 18.9 Å². The highest BCUT2D eigenvalue weighted by Gasteiger charge is 2.46. The maximum absolute atomic E-state index is 12.6. The summed E-state index contributed by atoms with van der Waals surface area (Å²) in [5.74, 6) is -0.343. The summed E-state index contributed by atoms with van der Waals surface area (Å²) in [6, 6.07) is 4.05. The largest absolute Gasteiger partial charge is 0.469 e. The lowest BCUT2D eigenvalue weighted by Gasteiger charge is -2.09. The number of anilines is 1. The summed E-state index contributed by atoms with van der Waals surface area (Å²) in [5.41, 5.74) is -2.22. The number of halogens is 3. The van der Waals surface area contributed by atoms with E-state index in [4.69, 9.17) is 4.42 Å². The molecule has 1 amide bonds. The second kappa shape index (κ2) is 5.04. The van der Waals surface area contributed by atoms with Crippen molar-refractivity contribution in [1.82, 2.24) is 4.98 Å². The van der Waals surface area contributed by atoms with Gasteiger partial charge in [-0.25, -0.2) is 0 Å². The average Bonchev–Trinajstić information content (AvgIpc) is 3.06. The Morgan fingerprint density at radius 3 is 2.82 bits per heavy atom. The number of rotatable bonds is 3. The van der Waals surface area contributed by atoms with E-state index in [1.165, 1.54) is 6.26 Å². The highest BCUT2D eigenvalue weighted by molar-refractivity contribution is 5.95. The normalized spacial score (nSPS) is 20.7. The van der Waals surface area contributed by atoms with E-state index in [-0.39, 0.29) is 5.92 Å². The number of carbonyl (C=O) groups excluding carboxylic acids is 1. The van der Waals surface area contributed by atoms with Crippen LogP contribution in [0, 0.1) is 5.92 Å². The Morgan fingerprint density at radius 2 is 2.18 bits per heavy atom. The first kappa shape index (κ1) is 14.4. The lowest BCUT2D eigenvalue weighted by Crippen LogP contribution is -2.22. The molecule has 1 saturated carbocycles. The molecule has 0 spiro atoms. The summed E-state index contributed by atoms with van der Waals surface area (Å²) in [6.07, 6.45) is -2.00. The maximum Gasteiger partial charge on any atom is 0.417 e. The minimum Gasteiger partial charge on any atom is -0.469 e. The number of furan rings is 1. The molecule has 0 radical (unpaired) electrons. The lowest BCUT2D eigenvalue weighted by atomic mass is 10.2. The second-order valence-electron chi connectivity index (χ2n) is 5.08. The number of nitrogens with one attached hydrogen (secondary N) is 2. The lowest BCUT2D eigenvalue weighted by molar-refractivity contribution is -0.137. The number of alkyl halides is 3. The van der Waals surface area contributed by atoms with Crippen molar-refractivity contribution in [2.75, 3.05) is 5.32 Å². The molecule has 2 atom stereocenters. The van der Waals surface area contributed by atoms with Gasteiger partial charge in [0.15, 0.2) is 0 Å². The molecule has 0 aliphatic heterocycles. The third kappa shape index (κ3) is 2.76. The van der Waals surface area contributed by atoms with E-state index in [1.54, 1.807) is 12.1 Å². The molecule has 0 aromatic carbocycles. The summed E-state index contributed by atoms with van der Waals surface area (Å²) in [7, 11) is 0. The first-order valence-corrected chi connectivity index (χ1v) is 6.50. The van der Waals surface area contributed by atoms with Gasteiger partial charge in [-0.05, 0) is 24.6 Å². The first-order chi connectivity index (χ1) is 10.4. The van der Waals surface area contributed by atoms with Crippen molar-refractivity contribution in [3.63, 3.8) is 0 Å². The highest BCUT2D eigenvalue weighted by Crippen LogP contribution is 2.48. The van der Waals surface area contributed by atoms with Crippen LogP contribution < -0.4 is 10.9 Å². The van der Waals surface area contributed by atoms with Crippen molar-refractivity contribution in [3.8, 4) is 0 Å². The predicted octanol–water partition coefficient (Wildman–Crippen LogP) is 2.73. The van der Waals surface area contributed by atoms with Crippen LogP contribution in [0.15, 0.2) is 39.9 Å². The summed E-state index contributed by atoms with van der Waals surface area (Å²) in [6.45, 7) is 0. The summed E-state index contributed by atoms with van der Waals surface area (Å²) in [4.78, 5) is 25.5. The Morgan fingerprint density at radius 1 is 1.41 bits per heavy atom. The van der Waals surface area contributed by atoms with Gasteiger partial charge in [-0.2, -0.15) is 13.2 Å². The van der Waals surface area contributed by atoms with Gasteiger partial charge in [-0.3, -0.25) is 9.59 Å². The molecular weight excluding hydrogens is 301 g/mol. The number of aromatic amines is 1. The minimum absolute atomic E-state index is 0.0973. The zero-order valence-corrected chi connectivity index (χ0v) is 11.1. The number of amides is 1. The Kier molecular flexibility index (Phi) is 3.31. The van der Waals surface area contributed by atoms with Crippen LogP contribution >= 0.6 is 0 Å². The van der Waals surface area contributed by atoms with Gasteiger partial charge in [-0.15, -0.1) is 0 Å². The third-order valence-corrected chi connectivity index (χ3v) is 3.52. The molecule has 1 aliphatic rings. The van der Waals surface area contributed by atoms with Crippen molar-refractivity contribution in [3.05, 3.63) is 52.3 Å². The third-order valence-electron chi connectivity index (χ3n) is 3.52. The topological polar surface area (TPSA) is 75.1 Å². The van der Waals surface area contributed by atoms with Crippen LogP contribution in [0.3, 0.4) is 0 Å². The van der Waals surface area contributed by atoms with E-state index < -0.39 is 34.8 Å². The van der Waals surface area contributed by atoms with E-state index >= 15 is 0 Å². The molecule has 3 rings (SSSR count). The van der Waals surface area contributed by atoms with E-state index in [0.29, 0.717) is 24.4 Å². The molecule has 0 saturated heterocycles.